The molecule has 1 aliphatic heterocycles. The van der Waals surface area contributed by atoms with Gasteiger partial charge in [0.05, 0.1) is 29.7 Å². The molecule has 0 bridgehead atoms. The summed E-state index contributed by atoms with van der Waals surface area (Å²) in [4.78, 5) is 37.4. The van der Waals surface area contributed by atoms with Gasteiger partial charge in [0.1, 0.15) is 5.75 Å². The summed E-state index contributed by atoms with van der Waals surface area (Å²) >= 11 is 3.32. The molecule has 0 radical (unpaired) electrons. The minimum absolute atomic E-state index is 0.147. The van der Waals surface area contributed by atoms with Crippen LogP contribution in [0.5, 0.6) is 5.75 Å². The summed E-state index contributed by atoms with van der Waals surface area (Å²) in [6.07, 6.45) is 1.48. The van der Waals surface area contributed by atoms with Crippen LogP contribution < -0.4 is 4.74 Å². The number of nitrogens with zero attached hydrogens (tertiary/aromatic N) is 1. The van der Waals surface area contributed by atoms with Gasteiger partial charge in [0.25, 0.3) is 5.91 Å². The Morgan fingerprint density at radius 2 is 2.08 bits per heavy atom. The van der Waals surface area contributed by atoms with Crippen molar-refractivity contribution >= 4 is 33.8 Å². The normalized spacial score (nSPS) is 16.7. The fraction of sp³-hybridized carbons (Fsp3) is 0.500. The molecule has 1 saturated heterocycles. The number of methoxy groups -OCH3 is 1. The lowest BCUT2D eigenvalue weighted by Gasteiger charge is -2.31. The highest BCUT2D eigenvalue weighted by molar-refractivity contribution is 9.10. The van der Waals surface area contributed by atoms with Crippen LogP contribution in [0.2, 0.25) is 0 Å². The zero-order valence-electron chi connectivity index (χ0n) is 14.8. The van der Waals surface area contributed by atoms with Crippen molar-refractivity contribution in [1.82, 2.24) is 4.90 Å². The second-order valence-corrected chi connectivity index (χ2v) is 6.71. The molecule has 2 rings (SSSR count). The van der Waals surface area contributed by atoms with Gasteiger partial charge in [0.2, 0.25) is 0 Å². The Kier molecular flexibility index (Phi) is 7.44. The van der Waals surface area contributed by atoms with E-state index < -0.39 is 5.97 Å². The van der Waals surface area contributed by atoms with Crippen LogP contribution in [0.25, 0.3) is 0 Å². The number of benzene rings is 1. The zero-order valence-corrected chi connectivity index (χ0v) is 16.4. The largest absolute Gasteiger partial charge is 0.483 e. The first-order valence-corrected chi connectivity index (χ1v) is 9.20. The summed E-state index contributed by atoms with van der Waals surface area (Å²) in [5.74, 6) is -0.731. The van der Waals surface area contributed by atoms with E-state index in [9.17, 15) is 14.4 Å². The van der Waals surface area contributed by atoms with Gasteiger partial charge in [-0.2, -0.15) is 0 Å². The molecule has 142 valence electrons. The van der Waals surface area contributed by atoms with Crippen molar-refractivity contribution in [3.05, 3.63) is 28.2 Å². The van der Waals surface area contributed by atoms with Crippen molar-refractivity contribution in [3.8, 4) is 5.75 Å². The van der Waals surface area contributed by atoms with Gasteiger partial charge < -0.3 is 19.1 Å². The van der Waals surface area contributed by atoms with E-state index in [2.05, 4.69) is 20.7 Å². The second-order valence-electron chi connectivity index (χ2n) is 5.86. The maximum absolute atomic E-state index is 12.4. The SMILES string of the molecule is CCOC(=O)C1CCCN(C(=O)COc2ccc(C(=O)OC)cc2Br)C1. The Hall–Kier alpha value is -2.09. The molecule has 1 heterocycles. The number of rotatable bonds is 6. The Morgan fingerprint density at radius 1 is 1.31 bits per heavy atom. The van der Waals surface area contributed by atoms with E-state index in [1.54, 1.807) is 30.0 Å². The Morgan fingerprint density at radius 3 is 2.73 bits per heavy atom. The van der Waals surface area contributed by atoms with Gasteiger partial charge in [-0.15, -0.1) is 0 Å². The number of piperidine rings is 1. The molecule has 1 unspecified atom stereocenters. The number of esters is 2. The van der Waals surface area contributed by atoms with Crippen LogP contribution in [-0.4, -0.2) is 56.2 Å². The molecule has 0 N–H and O–H groups in total. The van der Waals surface area contributed by atoms with Gasteiger partial charge >= 0.3 is 11.9 Å². The van der Waals surface area contributed by atoms with Gasteiger partial charge in [-0.05, 0) is 53.9 Å². The van der Waals surface area contributed by atoms with Crippen LogP contribution in [0, 0.1) is 5.92 Å². The number of hydrogen-bond donors (Lipinski definition) is 0. The number of ether oxygens (including phenoxy) is 3. The van der Waals surface area contributed by atoms with Crippen LogP contribution in [-0.2, 0) is 19.1 Å². The fourth-order valence-electron chi connectivity index (χ4n) is 2.75. The minimum Gasteiger partial charge on any atom is -0.483 e. The fourth-order valence-corrected chi connectivity index (χ4v) is 3.24. The summed E-state index contributed by atoms with van der Waals surface area (Å²) in [6, 6.07) is 4.73. The molecule has 0 spiro atoms. The van der Waals surface area contributed by atoms with Crippen molar-refractivity contribution in [1.29, 1.82) is 0 Å². The van der Waals surface area contributed by atoms with Crippen LogP contribution in [0.1, 0.15) is 30.1 Å². The number of carbonyl (C=O) groups is 3. The maximum Gasteiger partial charge on any atom is 0.337 e. The van der Waals surface area contributed by atoms with Crippen molar-refractivity contribution in [3.63, 3.8) is 0 Å². The van der Waals surface area contributed by atoms with Crippen molar-refractivity contribution < 1.29 is 28.6 Å². The molecule has 26 heavy (non-hydrogen) atoms. The average Bonchev–Trinajstić information content (AvgIpc) is 2.66. The van der Waals surface area contributed by atoms with E-state index in [1.165, 1.54) is 7.11 Å². The highest BCUT2D eigenvalue weighted by atomic mass is 79.9. The first-order chi connectivity index (χ1) is 12.5. The van der Waals surface area contributed by atoms with E-state index in [4.69, 9.17) is 9.47 Å². The molecule has 1 amide bonds. The average molecular weight is 428 g/mol. The summed E-state index contributed by atoms with van der Waals surface area (Å²) in [6.45, 7) is 2.90. The molecule has 1 fully saturated rings. The molecular formula is C18H22BrNO6. The lowest BCUT2D eigenvalue weighted by Crippen LogP contribution is -2.44. The lowest BCUT2D eigenvalue weighted by molar-refractivity contribution is -0.151. The lowest BCUT2D eigenvalue weighted by atomic mass is 9.98. The molecule has 1 aromatic rings. The third-order valence-corrected chi connectivity index (χ3v) is 4.72. The number of hydrogen-bond acceptors (Lipinski definition) is 6. The Balaban J connectivity index is 1.92. The third kappa shape index (κ3) is 5.20. The highest BCUT2D eigenvalue weighted by Crippen LogP contribution is 2.26. The summed E-state index contributed by atoms with van der Waals surface area (Å²) in [5, 5.41) is 0. The predicted octanol–water partition coefficient (Wildman–Crippen LogP) is 2.42. The molecule has 0 aliphatic carbocycles. The number of likely N-dealkylation sites (tertiary alicyclic amines) is 1. The summed E-state index contributed by atoms with van der Waals surface area (Å²) in [5.41, 5.74) is 0.381. The highest BCUT2D eigenvalue weighted by Gasteiger charge is 2.29. The number of amides is 1. The van der Waals surface area contributed by atoms with E-state index in [0.717, 1.165) is 12.8 Å². The molecule has 1 aromatic carbocycles. The van der Waals surface area contributed by atoms with E-state index in [1.807, 2.05) is 0 Å². The number of carbonyl (C=O) groups excluding carboxylic acids is 3. The first kappa shape index (κ1) is 20.2. The smallest absolute Gasteiger partial charge is 0.337 e. The zero-order chi connectivity index (χ0) is 19.1. The minimum atomic E-state index is -0.452. The van der Waals surface area contributed by atoms with Crippen molar-refractivity contribution in [2.45, 2.75) is 19.8 Å². The quantitative estimate of drug-likeness (QED) is 0.648. The predicted molar refractivity (Wildman–Crippen MR) is 96.9 cm³/mol. The van der Waals surface area contributed by atoms with E-state index >= 15 is 0 Å². The second kappa shape index (κ2) is 9.56. The van der Waals surface area contributed by atoms with Gasteiger partial charge in [-0.3, -0.25) is 9.59 Å². The van der Waals surface area contributed by atoms with Crippen molar-refractivity contribution in [2.24, 2.45) is 5.92 Å². The summed E-state index contributed by atoms with van der Waals surface area (Å²) in [7, 11) is 1.31. The van der Waals surface area contributed by atoms with Gasteiger partial charge in [0.15, 0.2) is 6.61 Å². The number of halogens is 1. The topological polar surface area (TPSA) is 82.1 Å². The maximum atomic E-state index is 12.4. The first-order valence-electron chi connectivity index (χ1n) is 8.41. The molecule has 7 nitrogen and oxygen atoms in total. The van der Waals surface area contributed by atoms with E-state index in [-0.39, 0.29) is 24.4 Å². The molecular weight excluding hydrogens is 406 g/mol. The summed E-state index contributed by atoms with van der Waals surface area (Å²) < 4.78 is 15.8. The van der Waals surface area contributed by atoms with E-state index in [0.29, 0.717) is 35.5 Å². The molecule has 1 aliphatic rings. The standard InChI is InChI=1S/C18H22BrNO6/c1-3-25-18(23)13-5-4-8-20(10-13)16(21)11-26-15-7-6-12(9-14(15)19)17(22)24-2/h6-7,9,13H,3-5,8,10-11H2,1-2H3. The van der Waals surface area contributed by atoms with Gasteiger partial charge in [-0.25, -0.2) is 4.79 Å². The van der Waals surface area contributed by atoms with Gasteiger partial charge in [-0.1, -0.05) is 0 Å². The molecule has 0 saturated carbocycles. The monoisotopic (exact) mass is 427 g/mol. The van der Waals surface area contributed by atoms with Crippen LogP contribution >= 0.6 is 15.9 Å². The Bertz CT molecular complexity index is 678. The van der Waals surface area contributed by atoms with Gasteiger partial charge in [0, 0.05) is 13.1 Å². The van der Waals surface area contributed by atoms with Crippen molar-refractivity contribution in [2.75, 3.05) is 33.4 Å². The van der Waals surface area contributed by atoms with Crippen LogP contribution in [0.15, 0.2) is 22.7 Å². The third-order valence-electron chi connectivity index (χ3n) is 4.10. The van der Waals surface area contributed by atoms with Crippen LogP contribution in [0.3, 0.4) is 0 Å². The molecule has 0 aromatic heterocycles. The molecule has 8 heteroatoms. The van der Waals surface area contributed by atoms with Crippen LogP contribution in [0.4, 0.5) is 0 Å². The molecule has 1 atom stereocenters. The Labute approximate surface area is 160 Å².